The van der Waals surface area contributed by atoms with E-state index >= 15 is 0 Å². The average Bonchev–Trinajstić information content (AvgIpc) is 2.86. The molecule has 1 aromatic heterocycles. The number of carboxylic acid groups (broad SMARTS) is 1. The molecule has 1 heterocycles. The molecule has 1 rings (SSSR count). The zero-order valence-corrected chi connectivity index (χ0v) is 15.0. The second kappa shape index (κ2) is 8.42. The zero-order valence-electron chi connectivity index (χ0n) is 13.3. The Labute approximate surface area is 140 Å². The van der Waals surface area contributed by atoms with Crippen molar-refractivity contribution in [2.75, 3.05) is 6.54 Å². The molecule has 1 aromatic rings. The summed E-state index contributed by atoms with van der Waals surface area (Å²) >= 11 is 1.07. The summed E-state index contributed by atoms with van der Waals surface area (Å²) in [6.07, 6.45) is 0.740. The van der Waals surface area contributed by atoms with Crippen LogP contribution in [0.15, 0.2) is 16.3 Å². The Bertz CT molecular complexity index is 652. The number of rotatable bonds is 9. The van der Waals surface area contributed by atoms with E-state index in [1.807, 2.05) is 13.8 Å². The predicted octanol–water partition coefficient (Wildman–Crippen LogP) is 1.20. The van der Waals surface area contributed by atoms with Crippen molar-refractivity contribution < 1.29 is 23.1 Å². The van der Waals surface area contributed by atoms with Crippen molar-refractivity contribution in [2.24, 2.45) is 5.92 Å². The quantitative estimate of drug-likeness (QED) is 0.611. The zero-order chi connectivity index (χ0) is 17.6. The molecule has 0 radical (unpaired) electrons. The first kappa shape index (κ1) is 19.6. The highest BCUT2D eigenvalue weighted by Crippen LogP contribution is 2.22. The minimum Gasteiger partial charge on any atom is -0.480 e. The highest BCUT2D eigenvalue weighted by molar-refractivity contribution is 7.91. The smallest absolute Gasteiger partial charge is 0.321 e. The summed E-state index contributed by atoms with van der Waals surface area (Å²) in [6, 6.07) is 1.97. The van der Waals surface area contributed by atoms with Gasteiger partial charge >= 0.3 is 5.97 Å². The highest BCUT2D eigenvalue weighted by Gasteiger charge is 2.27. The van der Waals surface area contributed by atoms with Gasteiger partial charge in [0.1, 0.15) is 10.3 Å². The van der Waals surface area contributed by atoms with Crippen LogP contribution >= 0.6 is 11.3 Å². The predicted molar refractivity (Wildman–Crippen MR) is 87.9 cm³/mol. The number of carbonyl (C=O) groups excluding carboxylic acids is 1. The van der Waals surface area contributed by atoms with Crippen LogP contribution in [0.4, 0.5) is 0 Å². The van der Waals surface area contributed by atoms with E-state index in [1.54, 1.807) is 6.07 Å². The lowest BCUT2D eigenvalue weighted by atomic mass is 10.1. The number of thiophene rings is 1. The van der Waals surface area contributed by atoms with Crippen LogP contribution in [0, 0.1) is 5.92 Å². The molecule has 0 spiro atoms. The molecule has 0 bridgehead atoms. The van der Waals surface area contributed by atoms with Crippen LogP contribution < -0.4 is 10.0 Å². The lowest BCUT2D eigenvalue weighted by molar-refractivity contribution is -0.139. The molecule has 0 aliphatic rings. The van der Waals surface area contributed by atoms with Crippen LogP contribution in [0.2, 0.25) is 0 Å². The maximum absolute atomic E-state index is 12.3. The normalized spacial score (nSPS) is 13.0. The van der Waals surface area contributed by atoms with E-state index < -0.39 is 22.0 Å². The van der Waals surface area contributed by atoms with Gasteiger partial charge in [-0.2, -0.15) is 4.72 Å². The number of hydrogen-bond acceptors (Lipinski definition) is 5. The largest absolute Gasteiger partial charge is 0.480 e. The average molecular weight is 362 g/mol. The summed E-state index contributed by atoms with van der Waals surface area (Å²) in [7, 11) is -3.87. The second-order valence-electron chi connectivity index (χ2n) is 5.60. The first-order chi connectivity index (χ1) is 10.6. The fourth-order valence-corrected chi connectivity index (χ4v) is 4.49. The molecule has 0 fully saturated rings. The number of aliphatic carboxylic acids is 1. The Morgan fingerprint density at radius 1 is 1.30 bits per heavy atom. The molecule has 7 nitrogen and oxygen atoms in total. The van der Waals surface area contributed by atoms with Crippen LogP contribution in [0.1, 0.15) is 32.1 Å². The third-order valence-corrected chi connectivity index (χ3v) is 6.06. The molecule has 1 amide bonds. The van der Waals surface area contributed by atoms with E-state index in [0.717, 1.165) is 16.2 Å². The van der Waals surface area contributed by atoms with Crippen LogP contribution in [0.5, 0.6) is 0 Å². The molecular weight excluding hydrogens is 340 g/mol. The third kappa shape index (κ3) is 6.67. The molecule has 0 aromatic carbocycles. The Morgan fingerprint density at radius 3 is 2.48 bits per heavy atom. The van der Waals surface area contributed by atoms with Gasteiger partial charge in [-0.15, -0.1) is 11.3 Å². The Balaban J connectivity index is 2.77. The molecule has 0 aliphatic carbocycles. The van der Waals surface area contributed by atoms with Gasteiger partial charge in [0.2, 0.25) is 5.91 Å². The number of sulfonamides is 1. The number of carboxylic acids is 1. The van der Waals surface area contributed by atoms with E-state index in [2.05, 4.69) is 10.0 Å². The topological polar surface area (TPSA) is 113 Å². The van der Waals surface area contributed by atoms with Gasteiger partial charge in [-0.05, 0) is 30.9 Å². The SMILES string of the molecule is CC(=O)NCCc1ccc(S(=O)(=O)N[C@@H](CC(C)C)C(=O)O)s1. The maximum atomic E-state index is 12.3. The van der Waals surface area contributed by atoms with Crippen LogP contribution in [0.3, 0.4) is 0 Å². The summed E-state index contributed by atoms with van der Waals surface area (Å²) < 4.78 is 26.9. The van der Waals surface area contributed by atoms with Crippen molar-refractivity contribution in [1.29, 1.82) is 0 Å². The molecule has 0 unspecified atom stereocenters. The van der Waals surface area contributed by atoms with E-state index in [4.69, 9.17) is 5.11 Å². The number of nitrogens with one attached hydrogen (secondary N) is 2. The molecule has 23 heavy (non-hydrogen) atoms. The van der Waals surface area contributed by atoms with Crippen LogP contribution in [-0.2, 0) is 26.0 Å². The van der Waals surface area contributed by atoms with Crippen molar-refractivity contribution in [2.45, 2.75) is 43.9 Å². The minimum atomic E-state index is -3.87. The summed E-state index contributed by atoms with van der Waals surface area (Å²) in [4.78, 5) is 22.8. The van der Waals surface area contributed by atoms with Crippen molar-refractivity contribution in [3.05, 3.63) is 17.0 Å². The second-order valence-corrected chi connectivity index (χ2v) is 8.70. The molecule has 3 N–H and O–H groups in total. The standard InChI is InChI=1S/C14H22N2O5S2/c1-9(2)8-12(14(18)19)16-23(20,21)13-5-4-11(22-13)6-7-15-10(3)17/h4-5,9,12,16H,6-8H2,1-3H3,(H,15,17)(H,18,19)/t12-/m0/s1. The summed E-state index contributed by atoms with van der Waals surface area (Å²) in [5, 5.41) is 11.8. The first-order valence-corrected chi connectivity index (χ1v) is 9.50. The van der Waals surface area contributed by atoms with Gasteiger partial charge in [0.25, 0.3) is 10.0 Å². The van der Waals surface area contributed by atoms with Gasteiger partial charge in [-0.25, -0.2) is 8.42 Å². The fraction of sp³-hybridized carbons (Fsp3) is 0.571. The monoisotopic (exact) mass is 362 g/mol. The van der Waals surface area contributed by atoms with Gasteiger partial charge in [-0.3, -0.25) is 9.59 Å². The summed E-state index contributed by atoms with van der Waals surface area (Å²) in [5.74, 6) is -1.28. The highest BCUT2D eigenvalue weighted by atomic mass is 32.2. The van der Waals surface area contributed by atoms with Gasteiger partial charge in [0.15, 0.2) is 0 Å². The summed E-state index contributed by atoms with van der Waals surface area (Å²) in [6.45, 7) is 5.49. The van der Waals surface area contributed by atoms with Gasteiger partial charge in [0, 0.05) is 18.3 Å². The van der Waals surface area contributed by atoms with Gasteiger partial charge in [0.05, 0.1) is 0 Å². The van der Waals surface area contributed by atoms with Crippen molar-refractivity contribution >= 4 is 33.2 Å². The molecular formula is C14H22N2O5S2. The Hall–Kier alpha value is -1.45. The number of amides is 1. The lowest BCUT2D eigenvalue weighted by Crippen LogP contribution is -2.41. The molecule has 9 heteroatoms. The van der Waals surface area contributed by atoms with E-state index in [1.165, 1.54) is 13.0 Å². The maximum Gasteiger partial charge on any atom is 0.321 e. The van der Waals surface area contributed by atoms with E-state index in [0.29, 0.717) is 13.0 Å². The molecule has 0 aliphatic heterocycles. The van der Waals surface area contributed by atoms with Gasteiger partial charge < -0.3 is 10.4 Å². The molecule has 0 saturated carbocycles. The molecule has 130 valence electrons. The van der Waals surface area contributed by atoms with Crippen LogP contribution in [0.25, 0.3) is 0 Å². The van der Waals surface area contributed by atoms with Crippen LogP contribution in [-0.4, -0.2) is 38.0 Å². The molecule has 1 atom stereocenters. The number of hydrogen-bond donors (Lipinski definition) is 3. The van der Waals surface area contributed by atoms with E-state index in [9.17, 15) is 18.0 Å². The van der Waals surface area contributed by atoms with Crippen molar-refractivity contribution in [3.63, 3.8) is 0 Å². The Morgan fingerprint density at radius 2 is 1.96 bits per heavy atom. The Kier molecular flexibility index (Phi) is 7.17. The van der Waals surface area contributed by atoms with E-state index in [-0.39, 0.29) is 22.5 Å². The van der Waals surface area contributed by atoms with Crippen molar-refractivity contribution in [3.8, 4) is 0 Å². The lowest BCUT2D eigenvalue weighted by Gasteiger charge is -2.15. The fourth-order valence-electron chi connectivity index (χ4n) is 1.91. The van der Waals surface area contributed by atoms with Gasteiger partial charge in [-0.1, -0.05) is 13.8 Å². The minimum absolute atomic E-state index is 0.0513. The third-order valence-electron chi connectivity index (χ3n) is 2.95. The summed E-state index contributed by atoms with van der Waals surface area (Å²) in [5.41, 5.74) is 0. The molecule has 0 saturated heterocycles. The number of carbonyl (C=O) groups is 2. The first-order valence-electron chi connectivity index (χ1n) is 7.20. The van der Waals surface area contributed by atoms with Crippen molar-refractivity contribution in [1.82, 2.24) is 10.0 Å².